The molecule has 0 atom stereocenters. The van der Waals surface area contributed by atoms with Crippen LogP contribution in [0, 0.1) is 0 Å². The highest BCUT2D eigenvalue weighted by atomic mass is 15.3. The smallest absolute Gasteiger partial charge is 0.0126 e. The minimum atomic E-state index is 0. The van der Waals surface area contributed by atoms with E-state index in [0.29, 0.717) is 11.1 Å². The molecular weight excluding hydrogens is 220 g/mol. The van der Waals surface area contributed by atoms with Gasteiger partial charge >= 0.3 is 0 Å². The molecule has 1 aliphatic heterocycles. The summed E-state index contributed by atoms with van der Waals surface area (Å²) in [5, 5.41) is 0. The minimum Gasteiger partial charge on any atom is -0.296 e. The molecule has 0 aromatic rings. The molecule has 0 saturated carbocycles. The van der Waals surface area contributed by atoms with Gasteiger partial charge in [0, 0.05) is 37.3 Å². The van der Waals surface area contributed by atoms with Crippen molar-refractivity contribution in [2.75, 3.05) is 26.2 Å². The van der Waals surface area contributed by atoms with Gasteiger partial charge < -0.3 is 0 Å². The predicted octanol–water partition coefficient (Wildman–Crippen LogP) is 4.50. The number of nitrogens with zero attached hydrogens (tertiary/aromatic N) is 2. The average Bonchev–Trinajstić information content (AvgIpc) is 2.18. The van der Waals surface area contributed by atoms with Crippen molar-refractivity contribution in [3.63, 3.8) is 0 Å². The lowest BCUT2D eigenvalue weighted by Crippen LogP contribution is -2.57. The van der Waals surface area contributed by atoms with E-state index >= 15 is 0 Å². The van der Waals surface area contributed by atoms with E-state index in [1.54, 1.807) is 0 Å². The molecule has 0 unspecified atom stereocenters. The first-order chi connectivity index (χ1) is 7.21. The van der Waals surface area contributed by atoms with Crippen LogP contribution in [-0.2, 0) is 0 Å². The second-order valence-corrected chi connectivity index (χ2v) is 6.32. The summed E-state index contributed by atoms with van der Waals surface area (Å²) in [6.45, 7) is 22.7. The van der Waals surface area contributed by atoms with Gasteiger partial charge in [-0.05, 0) is 41.5 Å². The van der Waals surface area contributed by atoms with Crippen LogP contribution in [0.15, 0.2) is 0 Å². The maximum atomic E-state index is 2.58. The molecule has 1 aliphatic rings. The summed E-state index contributed by atoms with van der Waals surface area (Å²) < 4.78 is 0. The summed E-state index contributed by atoms with van der Waals surface area (Å²) in [7, 11) is 0. The normalized spacial score (nSPS) is 18.0. The molecule has 0 N–H and O–H groups in total. The highest BCUT2D eigenvalue weighted by Crippen LogP contribution is 2.20. The van der Waals surface area contributed by atoms with Crippen molar-refractivity contribution in [3.8, 4) is 0 Å². The van der Waals surface area contributed by atoms with E-state index in [1.165, 1.54) is 26.2 Å². The minimum absolute atomic E-state index is 0. The summed E-state index contributed by atoms with van der Waals surface area (Å²) in [6, 6.07) is 0. The molecule has 1 saturated heterocycles. The van der Waals surface area contributed by atoms with Crippen LogP contribution in [0.4, 0.5) is 0 Å². The van der Waals surface area contributed by atoms with Crippen molar-refractivity contribution >= 4 is 0 Å². The van der Waals surface area contributed by atoms with Gasteiger partial charge in [-0.1, -0.05) is 28.7 Å². The second-order valence-electron chi connectivity index (χ2n) is 6.32. The largest absolute Gasteiger partial charge is 0.296 e. The fourth-order valence-corrected chi connectivity index (χ4v) is 2.05. The highest BCUT2D eigenvalue weighted by Gasteiger charge is 2.30. The Morgan fingerprint density at radius 1 is 0.556 bits per heavy atom. The Labute approximate surface area is 118 Å². The fraction of sp³-hybridized carbons (Fsp3) is 1.00. The summed E-state index contributed by atoms with van der Waals surface area (Å²) in [4.78, 5) is 5.16. The monoisotopic (exact) mass is 260 g/mol. The van der Waals surface area contributed by atoms with Crippen molar-refractivity contribution in [2.45, 2.75) is 81.3 Å². The van der Waals surface area contributed by atoms with Crippen molar-refractivity contribution in [1.82, 2.24) is 9.80 Å². The molecule has 18 heavy (non-hydrogen) atoms. The first-order valence-corrected chi connectivity index (χ1v) is 6.71. The van der Waals surface area contributed by atoms with Crippen molar-refractivity contribution in [2.24, 2.45) is 0 Å². The van der Waals surface area contributed by atoms with Gasteiger partial charge in [0.05, 0.1) is 0 Å². The van der Waals surface area contributed by atoms with Gasteiger partial charge in [-0.25, -0.2) is 0 Å². The summed E-state index contributed by atoms with van der Waals surface area (Å²) in [5.41, 5.74) is 0.675. The third-order valence-corrected chi connectivity index (χ3v) is 3.18. The zero-order chi connectivity index (χ0) is 13.0. The molecule has 0 aromatic heterocycles. The lowest BCUT2D eigenvalue weighted by atomic mass is 10.0. The maximum absolute atomic E-state index is 2.58. The van der Waals surface area contributed by atoms with Crippen LogP contribution in [0.3, 0.4) is 0 Å². The van der Waals surface area contributed by atoms with Gasteiger partial charge in [0.15, 0.2) is 0 Å². The van der Waals surface area contributed by atoms with Gasteiger partial charge in [0.1, 0.15) is 0 Å². The first kappa shape index (κ1) is 23.0. The Hall–Kier alpha value is -0.0800. The molecule has 2 heteroatoms. The molecule has 0 amide bonds. The molecule has 1 heterocycles. The lowest BCUT2D eigenvalue weighted by Gasteiger charge is -2.46. The van der Waals surface area contributed by atoms with E-state index in [9.17, 15) is 0 Å². The van der Waals surface area contributed by atoms with E-state index in [2.05, 4.69) is 51.3 Å². The summed E-state index contributed by atoms with van der Waals surface area (Å²) in [5.74, 6) is 0. The Morgan fingerprint density at radius 3 is 0.833 bits per heavy atom. The fourth-order valence-electron chi connectivity index (χ4n) is 2.05. The van der Waals surface area contributed by atoms with Crippen molar-refractivity contribution in [3.05, 3.63) is 0 Å². The zero-order valence-electron chi connectivity index (χ0n) is 12.7. The highest BCUT2D eigenvalue weighted by molar-refractivity contribution is 4.86. The van der Waals surface area contributed by atoms with E-state index in [-0.39, 0.29) is 14.9 Å². The predicted molar refractivity (Wildman–Crippen MR) is 87.5 cm³/mol. The molecule has 114 valence electrons. The van der Waals surface area contributed by atoms with E-state index in [4.69, 9.17) is 0 Å². The number of hydrogen-bond acceptors (Lipinski definition) is 2. The SMILES string of the molecule is C.C.CC.CC(C)(C)N1CCN(C(C)(C)C)CC1. The van der Waals surface area contributed by atoms with Crippen LogP contribution in [0.5, 0.6) is 0 Å². The van der Waals surface area contributed by atoms with Crippen LogP contribution in [0.2, 0.25) is 0 Å². The second kappa shape index (κ2) is 8.92. The Kier molecular flexibility index (Phi) is 11.4. The van der Waals surface area contributed by atoms with Gasteiger partial charge in [-0.15, -0.1) is 0 Å². The van der Waals surface area contributed by atoms with Crippen LogP contribution in [-0.4, -0.2) is 47.1 Å². The van der Waals surface area contributed by atoms with Crippen LogP contribution >= 0.6 is 0 Å². The number of piperazine rings is 1. The topological polar surface area (TPSA) is 6.48 Å². The van der Waals surface area contributed by atoms with E-state index < -0.39 is 0 Å². The van der Waals surface area contributed by atoms with E-state index in [0.717, 1.165) is 0 Å². The van der Waals surface area contributed by atoms with E-state index in [1.807, 2.05) is 13.8 Å². The summed E-state index contributed by atoms with van der Waals surface area (Å²) in [6.07, 6.45) is 0. The number of rotatable bonds is 0. The Bertz CT molecular complexity index is 156. The molecule has 0 aliphatic carbocycles. The lowest BCUT2D eigenvalue weighted by molar-refractivity contribution is 0.0211. The number of hydrogen-bond donors (Lipinski definition) is 0. The Balaban J connectivity index is -0.000000534. The van der Waals surface area contributed by atoms with Crippen LogP contribution < -0.4 is 0 Å². The molecule has 0 radical (unpaired) electrons. The standard InChI is InChI=1S/C12H26N2.C2H6.2CH4/c1-11(2,3)13-7-9-14(10-8-13)12(4,5)6;1-2;;/h7-10H2,1-6H3;1-2H3;2*1H4. The zero-order valence-corrected chi connectivity index (χ0v) is 12.7. The molecule has 1 rings (SSSR count). The molecule has 2 nitrogen and oxygen atoms in total. The average molecular weight is 261 g/mol. The van der Waals surface area contributed by atoms with Gasteiger partial charge in [0.25, 0.3) is 0 Å². The maximum Gasteiger partial charge on any atom is 0.0126 e. The third kappa shape index (κ3) is 7.38. The molecule has 0 spiro atoms. The molecular formula is C16H40N2. The molecule has 0 aromatic carbocycles. The first-order valence-electron chi connectivity index (χ1n) is 6.71. The summed E-state index contributed by atoms with van der Waals surface area (Å²) >= 11 is 0. The molecule has 0 bridgehead atoms. The van der Waals surface area contributed by atoms with Crippen molar-refractivity contribution < 1.29 is 0 Å². The Morgan fingerprint density at radius 2 is 0.722 bits per heavy atom. The van der Waals surface area contributed by atoms with Crippen LogP contribution in [0.25, 0.3) is 0 Å². The van der Waals surface area contributed by atoms with Crippen LogP contribution in [0.1, 0.15) is 70.2 Å². The molecule has 1 fully saturated rings. The van der Waals surface area contributed by atoms with Gasteiger partial charge in [0.2, 0.25) is 0 Å². The van der Waals surface area contributed by atoms with Gasteiger partial charge in [-0.2, -0.15) is 0 Å². The third-order valence-electron chi connectivity index (χ3n) is 3.18. The van der Waals surface area contributed by atoms with Crippen molar-refractivity contribution in [1.29, 1.82) is 0 Å². The van der Waals surface area contributed by atoms with Gasteiger partial charge in [-0.3, -0.25) is 9.80 Å². The quantitative estimate of drug-likeness (QED) is 0.633.